The predicted molar refractivity (Wildman–Crippen MR) is 112 cm³/mol. The number of nitrogens with zero attached hydrogens (tertiary/aromatic N) is 3. The number of benzene rings is 1. The minimum absolute atomic E-state index is 0.0307. The number of hydrogen-bond acceptors (Lipinski definition) is 5. The number of piperidine rings is 1. The van der Waals surface area contributed by atoms with Crippen molar-refractivity contribution in [1.29, 1.82) is 0 Å². The molecule has 0 spiro atoms. The Labute approximate surface area is 190 Å². The van der Waals surface area contributed by atoms with E-state index in [0.717, 1.165) is 12.1 Å². The fourth-order valence-electron chi connectivity index (χ4n) is 5.20. The maximum atomic E-state index is 13.3. The zero-order valence-corrected chi connectivity index (χ0v) is 18.8. The second kappa shape index (κ2) is 8.12. The molecular weight excluding hydrogens is 463 g/mol. The maximum absolute atomic E-state index is 13.3. The molecule has 32 heavy (non-hydrogen) atoms. The molecule has 3 amide bonds. The molecule has 4 saturated heterocycles. The van der Waals surface area contributed by atoms with Gasteiger partial charge in [-0.3, -0.25) is 4.79 Å². The molecule has 4 aliphatic rings. The zero-order valence-electron chi connectivity index (χ0n) is 17.2. The van der Waals surface area contributed by atoms with Crippen LogP contribution in [0.1, 0.15) is 6.42 Å². The number of morpholine rings is 1. The number of carbonyl (C=O) groups excluding carboxylic acids is 2. The first-order valence-corrected chi connectivity index (χ1v) is 12.4. The molecule has 12 heteroatoms. The Morgan fingerprint density at radius 2 is 1.84 bits per heavy atom. The standard InChI is InChI=1S/C20H24ClFN4O5S/c21-15-5-14(22)1-2-18(15)32(29,30)26-8-12-6-25(7-13(12)9-26)20(28)24-4-3-17-16(10-24)23-19(27)11-31-17/h1-2,5,12-13,16-17H,3-4,6-11H2,(H,23,27)/t12?,13?,16-,17+/m1/s1. The van der Waals surface area contributed by atoms with Gasteiger partial charge < -0.3 is 19.9 Å². The summed E-state index contributed by atoms with van der Waals surface area (Å²) in [6.07, 6.45) is 0.605. The first-order chi connectivity index (χ1) is 15.2. The predicted octanol–water partition coefficient (Wildman–Crippen LogP) is 0.741. The Bertz CT molecular complexity index is 1040. The highest BCUT2D eigenvalue weighted by atomic mass is 35.5. The number of hydrogen-bond donors (Lipinski definition) is 1. The van der Waals surface area contributed by atoms with Gasteiger partial charge in [0.25, 0.3) is 0 Å². The van der Waals surface area contributed by atoms with Gasteiger partial charge in [-0.1, -0.05) is 11.6 Å². The average molecular weight is 487 g/mol. The number of rotatable bonds is 2. The smallest absolute Gasteiger partial charge is 0.320 e. The minimum Gasteiger partial charge on any atom is -0.366 e. The lowest BCUT2D eigenvalue weighted by molar-refractivity contribution is -0.139. The first-order valence-electron chi connectivity index (χ1n) is 10.6. The van der Waals surface area contributed by atoms with Crippen LogP contribution >= 0.6 is 11.6 Å². The van der Waals surface area contributed by atoms with Crippen LogP contribution in [0.15, 0.2) is 23.1 Å². The fraction of sp³-hybridized carbons (Fsp3) is 0.600. The molecule has 174 valence electrons. The molecular formula is C20H24ClFN4O5S. The Hall–Kier alpha value is -1.95. The maximum Gasteiger partial charge on any atom is 0.320 e. The monoisotopic (exact) mass is 486 g/mol. The summed E-state index contributed by atoms with van der Waals surface area (Å²) in [6, 6.07) is 2.98. The average Bonchev–Trinajstić information content (AvgIpc) is 3.32. The van der Waals surface area contributed by atoms with Gasteiger partial charge in [0.2, 0.25) is 15.9 Å². The highest BCUT2D eigenvalue weighted by Gasteiger charge is 2.47. The van der Waals surface area contributed by atoms with E-state index in [9.17, 15) is 22.4 Å². The van der Waals surface area contributed by atoms with Crippen LogP contribution in [0.4, 0.5) is 9.18 Å². The van der Waals surface area contributed by atoms with Gasteiger partial charge in [0, 0.05) is 39.3 Å². The molecule has 5 rings (SSSR count). The van der Waals surface area contributed by atoms with Crippen LogP contribution in [-0.2, 0) is 19.6 Å². The number of halogens is 2. The van der Waals surface area contributed by atoms with Crippen LogP contribution < -0.4 is 5.32 Å². The molecule has 1 N–H and O–H groups in total. The summed E-state index contributed by atoms with van der Waals surface area (Å²) in [4.78, 5) is 28.1. The fourth-order valence-corrected chi connectivity index (χ4v) is 7.26. The summed E-state index contributed by atoms with van der Waals surface area (Å²) in [5, 5.41) is 2.76. The van der Waals surface area contributed by atoms with Crippen molar-refractivity contribution in [3.63, 3.8) is 0 Å². The molecule has 4 fully saturated rings. The topological polar surface area (TPSA) is 99.3 Å². The van der Waals surface area contributed by atoms with Crippen LogP contribution in [-0.4, -0.2) is 92.5 Å². The van der Waals surface area contributed by atoms with Crippen LogP contribution in [0.5, 0.6) is 0 Å². The van der Waals surface area contributed by atoms with Crippen LogP contribution in [0.2, 0.25) is 5.02 Å². The van der Waals surface area contributed by atoms with Crippen molar-refractivity contribution in [2.45, 2.75) is 23.5 Å². The number of amides is 3. The molecule has 1 aromatic carbocycles. The van der Waals surface area contributed by atoms with Crippen molar-refractivity contribution in [3.05, 3.63) is 29.0 Å². The van der Waals surface area contributed by atoms with Crippen LogP contribution in [0, 0.1) is 17.7 Å². The number of fused-ring (bicyclic) bond motifs is 2. The van der Waals surface area contributed by atoms with Gasteiger partial charge in [0.1, 0.15) is 17.3 Å². The summed E-state index contributed by atoms with van der Waals surface area (Å²) in [5.74, 6) is -0.699. The Balaban J connectivity index is 1.21. The number of ether oxygens (including phenoxy) is 1. The van der Waals surface area contributed by atoms with E-state index in [-0.39, 0.29) is 52.4 Å². The second-order valence-corrected chi connectivity index (χ2v) is 11.2. The number of likely N-dealkylation sites (tertiary alicyclic amines) is 2. The third-order valence-corrected chi connectivity index (χ3v) is 9.14. The highest BCUT2D eigenvalue weighted by Crippen LogP contribution is 2.36. The molecule has 2 unspecified atom stereocenters. The summed E-state index contributed by atoms with van der Waals surface area (Å²) in [7, 11) is -3.84. The Morgan fingerprint density at radius 1 is 1.12 bits per heavy atom. The highest BCUT2D eigenvalue weighted by molar-refractivity contribution is 7.89. The summed E-state index contributed by atoms with van der Waals surface area (Å²) in [6.45, 7) is 2.56. The Morgan fingerprint density at radius 3 is 2.53 bits per heavy atom. The molecule has 4 aliphatic heterocycles. The van der Waals surface area contributed by atoms with Gasteiger partial charge in [0.15, 0.2) is 0 Å². The van der Waals surface area contributed by atoms with E-state index in [1.165, 1.54) is 10.4 Å². The molecule has 0 bridgehead atoms. The Kier molecular flexibility index (Phi) is 5.55. The molecule has 9 nitrogen and oxygen atoms in total. The molecule has 4 atom stereocenters. The third kappa shape index (κ3) is 3.85. The van der Waals surface area contributed by atoms with Crippen molar-refractivity contribution in [1.82, 2.24) is 19.4 Å². The second-order valence-electron chi connectivity index (χ2n) is 8.86. The molecule has 1 aromatic rings. The first kappa shape index (κ1) is 21.9. The van der Waals surface area contributed by atoms with Crippen LogP contribution in [0.25, 0.3) is 0 Å². The van der Waals surface area contributed by atoms with Gasteiger partial charge in [-0.05, 0) is 36.5 Å². The summed E-state index contributed by atoms with van der Waals surface area (Å²) in [5.41, 5.74) is 0. The molecule has 0 aromatic heterocycles. The van der Waals surface area contributed by atoms with E-state index < -0.39 is 15.8 Å². The number of sulfonamides is 1. The van der Waals surface area contributed by atoms with E-state index >= 15 is 0 Å². The lowest BCUT2D eigenvalue weighted by Gasteiger charge is -2.42. The molecule has 0 radical (unpaired) electrons. The minimum atomic E-state index is -3.84. The summed E-state index contributed by atoms with van der Waals surface area (Å²) >= 11 is 5.98. The van der Waals surface area contributed by atoms with E-state index in [2.05, 4.69) is 5.32 Å². The quantitative estimate of drug-likeness (QED) is 0.664. The lowest BCUT2D eigenvalue weighted by atomic mass is 10.0. The van der Waals surface area contributed by atoms with E-state index in [4.69, 9.17) is 16.3 Å². The van der Waals surface area contributed by atoms with Crippen molar-refractivity contribution in [2.24, 2.45) is 11.8 Å². The van der Waals surface area contributed by atoms with Gasteiger partial charge in [0.05, 0.1) is 17.2 Å². The third-order valence-electron chi connectivity index (χ3n) is 6.83. The number of carbonyl (C=O) groups is 2. The number of nitrogens with one attached hydrogen (secondary N) is 1. The van der Waals surface area contributed by atoms with E-state index in [1.807, 2.05) is 0 Å². The van der Waals surface area contributed by atoms with Crippen molar-refractivity contribution in [3.8, 4) is 0 Å². The van der Waals surface area contributed by atoms with Crippen molar-refractivity contribution in [2.75, 3.05) is 45.9 Å². The van der Waals surface area contributed by atoms with Gasteiger partial charge in [-0.15, -0.1) is 0 Å². The van der Waals surface area contributed by atoms with Crippen molar-refractivity contribution >= 4 is 33.6 Å². The molecule has 0 aliphatic carbocycles. The normalized spacial score (nSPS) is 30.8. The van der Waals surface area contributed by atoms with Crippen LogP contribution in [0.3, 0.4) is 0 Å². The molecule has 4 heterocycles. The number of urea groups is 1. The van der Waals surface area contributed by atoms with Crippen molar-refractivity contribution < 1.29 is 27.1 Å². The lowest BCUT2D eigenvalue weighted by Crippen LogP contribution is -2.62. The SMILES string of the molecule is O=C1CO[C@H]2CCN(C(=O)N3CC4CN(S(=O)(=O)c5ccc(F)cc5Cl)CC4C3)C[C@H]2N1. The van der Waals surface area contributed by atoms with E-state index in [1.54, 1.807) is 9.80 Å². The summed E-state index contributed by atoms with van der Waals surface area (Å²) < 4.78 is 46.3. The van der Waals surface area contributed by atoms with Gasteiger partial charge >= 0.3 is 6.03 Å². The van der Waals surface area contributed by atoms with Gasteiger partial charge in [-0.2, -0.15) is 4.31 Å². The van der Waals surface area contributed by atoms with E-state index in [0.29, 0.717) is 45.7 Å². The van der Waals surface area contributed by atoms with Gasteiger partial charge in [-0.25, -0.2) is 17.6 Å². The zero-order chi connectivity index (χ0) is 22.6. The largest absolute Gasteiger partial charge is 0.366 e. The molecule has 0 saturated carbocycles.